The van der Waals surface area contributed by atoms with Crippen LogP contribution in [0.2, 0.25) is 5.02 Å². The molecule has 2 heterocycles. The van der Waals surface area contributed by atoms with E-state index in [2.05, 4.69) is 10.3 Å². The lowest BCUT2D eigenvalue weighted by molar-refractivity contribution is 0.174. The van der Waals surface area contributed by atoms with Gasteiger partial charge in [0.2, 0.25) is 6.79 Å². The third-order valence-electron chi connectivity index (χ3n) is 5.42. The van der Waals surface area contributed by atoms with Crippen LogP contribution in [0.15, 0.2) is 65.7 Å². The summed E-state index contributed by atoms with van der Waals surface area (Å²) in [6.45, 7) is 0.181. The molecule has 0 fully saturated rings. The highest BCUT2D eigenvalue weighted by molar-refractivity contribution is 6.31. The summed E-state index contributed by atoms with van der Waals surface area (Å²) in [6.07, 6.45) is 2.12. The van der Waals surface area contributed by atoms with Crippen molar-refractivity contribution in [3.05, 3.63) is 88.5 Å². The highest BCUT2D eigenvalue weighted by Gasteiger charge is 2.29. The van der Waals surface area contributed by atoms with Crippen molar-refractivity contribution < 1.29 is 18.3 Å². The summed E-state index contributed by atoms with van der Waals surface area (Å²) >= 11 is 5.88. The lowest BCUT2D eigenvalue weighted by Crippen LogP contribution is -2.59. The number of hydrogen-bond donors (Lipinski definition) is 3. The molecule has 6 nitrogen and oxygen atoms in total. The summed E-state index contributed by atoms with van der Waals surface area (Å²) in [4.78, 5) is 4.35. The molecule has 0 bridgehead atoms. The molecule has 168 valence electrons. The first-order valence-electron chi connectivity index (χ1n) is 10.1. The number of hydrogen-bond acceptors (Lipinski definition) is 6. The second-order valence-electron chi connectivity index (χ2n) is 7.88. The minimum Gasteiger partial charge on any atom is -0.454 e. The summed E-state index contributed by atoms with van der Waals surface area (Å²) in [5.74, 6) is 0.405. The number of rotatable bonds is 4. The molecule has 2 aliphatic heterocycles. The van der Waals surface area contributed by atoms with Crippen LogP contribution < -0.4 is 26.3 Å². The number of nitrogens with one attached hydrogen (secondary N) is 1. The Hall–Kier alpha value is -3.62. The fraction of sp³-hybridized carbons (Fsp3) is 0.125. The topological polar surface area (TPSA) is 94.9 Å². The second-order valence-corrected chi connectivity index (χ2v) is 8.29. The molecule has 0 saturated carbocycles. The zero-order valence-electron chi connectivity index (χ0n) is 17.2. The minimum atomic E-state index is -1.05. The van der Waals surface area contributed by atoms with E-state index < -0.39 is 17.3 Å². The molecule has 0 aliphatic carbocycles. The maximum Gasteiger partial charge on any atom is 0.231 e. The lowest BCUT2D eigenvalue weighted by atomic mass is 9.95. The highest BCUT2D eigenvalue weighted by Crippen LogP contribution is 2.34. The van der Waals surface area contributed by atoms with E-state index in [1.54, 1.807) is 18.2 Å². The van der Waals surface area contributed by atoms with Gasteiger partial charge >= 0.3 is 0 Å². The van der Waals surface area contributed by atoms with Crippen molar-refractivity contribution in [1.29, 1.82) is 0 Å². The van der Waals surface area contributed by atoms with Gasteiger partial charge in [-0.1, -0.05) is 23.7 Å². The van der Waals surface area contributed by atoms with E-state index in [1.807, 2.05) is 18.2 Å². The quantitative estimate of drug-likeness (QED) is 0.534. The number of halogens is 3. The fourth-order valence-corrected chi connectivity index (χ4v) is 4.09. The van der Waals surface area contributed by atoms with Crippen LogP contribution in [0.3, 0.4) is 0 Å². The number of nitrogens with zero attached hydrogens (tertiary/aromatic N) is 1. The monoisotopic (exact) mass is 468 g/mol. The second kappa shape index (κ2) is 8.06. The molecule has 3 aromatic rings. The van der Waals surface area contributed by atoms with Crippen molar-refractivity contribution >= 4 is 23.3 Å². The Labute approximate surface area is 193 Å². The van der Waals surface area contributed by atoms with Crippen LogP contribution in [0.1, 0.15) is 11.1 Å². The van der Waals surface area contributed by atoms with Gasteiger partial charge in [-0.05, 0) is 59.7 Å². The first kappa shape index (κ1) is 21.2. The summed E-state index contributed by atoms with van der Waals surface area (Å²) < 4.78 is 39.0. The zero-order valence-corrected chi connectivity index (χ0v) is 18.0. The average molecular weight is 469 g/mol. The molecule has 0 amide bonds. The maximum absolute atomic E-state index is 14.6. The number of ether oxygens (including phenoxy) is 2. The average Bonchev–Trinajstić information content (AvgIpc) is 3.23. The van der Waals surface area contributed by atoms with E-state index in [0.29, 0.717) is 34.7 Å². The summed E-state index contributed by atoms with van der Waals surface area (Å²) in [7, 11) is 0. The third kappa shape index (κ3) is 4.22. The van der Waals surface area contributed by atoms with Crippen LogP contribution in [-0.2, 0) is 6.42 Å². The van der Waals surface area contributed by atoms with Gasteiger partial charge in [-0.2, -0.15) is 0 Å². The van der Waals surface area contributed by atoms with Crippen molar-refractivity contribution in [2.45, 2.75) is 12.1 Å². The Bertz CT molecular complexity index is 1330. The van der Waals surface area contributed by atoms with E-state index in [-0.39, 0.29) is 23.3 Å². The normalized spacial score (nSPS) is 19.0. The van der Waals surface area contributed by atoms with Crippen LogP contribution in [-0.4, -0.2) is 18.4 Å². The third-order valence-corrected chi connectivity index (χ3v) is 5.71. The predicted octanol–water partition coefficient (Wildman–Crippen LogP) is 4.17. The van der Waals surface area contributed by atoms with Gasteiger partial charge in [0, 0.05) is 17.5 Å². The van der Waals surface area contributed by atoms with E-state index in [0.717, 1.165) is 5.56 Å². The van der Waals surface area contributed by atoms with Gasteiger partial charge in [0.1, 0.15) is 17.3 Å². The van der Waals surface area contributed by atoms with Gasteiger partial charge in [0.05, 0.1) is 10.7 Å². The smallest absolute Gasteiger partial charge is 0.231 e. The number of nitrogens with two attached hydrogens (primary N) is 2. The van der Waals surface area contributed by atoms with Gasteiger partial charge in [-0.25, -0.2) is 13.8 Å². The molecule has 2 aliphatic rings. The standard InChI is InChI=1S/C24H19ClF2N4O2/c25-17-9-14(2-5-19(17)27)16-8-15(3-4-18(16)26)20-11-24(29,31-23(28)30-20)10-13-1-6-21-22(7-13)33-12-32-21/h1-9,11H,10,12,29H2,(H3,28,30,31). The molecular formula is C24H19ClF2N4O2. The van der Waals surface area contributed by atoms with Crippen LogP contribution >= 0.6 is 11.6 Å². The van der Waals surface area contributed by atoms with Gasteiger partial charge < -0.3 is 26.3 Å². The molecule has 3 aromatic carbocycles. The lowest BCUT2D eigenvalue weighted by Gasteiger charge is -2.32. The van der Waals surface area contributed by atoms with Crippen LogP contribution in [0.25, 0.3) is 16.8 Å². The van der Waals surface area contributed by atoms with Crippen molar-refractivity contribution in [2.24, 2.45) is 16.5 Å². The zero-order chi connectivity index (χ0) is 23.2. The van der Waals surface area contributed by atoms with Gasteiger partial charge in [0.25, 0.3) is 0 Å². The Morgan fingerprint density at radius 2 is 1.73 bits per heavy atom. The van der Waals surface area contributed by atoms with Gasteiger partial charge in [-0.15, -0.1) is 0 Å². The molecule has 9 heteroatoms. The first-order valence-corrected chi connectivity index (χ1v) is 10.5. The molecule has 1 unspecified atom stereocenters. The number of fused-ring (bicyclic) bond motifs is 1. The largest absolute Gasteiger partial charge is 0.454 e. The maximum atomic E-state index is 14.6. The van der Waals surface area contributed by atoms with Crippen molar-refractivity contribution in [3.8, 4) is 22.6 Å². The Balaban J connectivity index is 1.49. The molecular weight excluding hydrogens is 450 g/mol. The first-order chi connectivity index (χ1) is 15.8. The molecule has 1 atom stereocenters. The van der Waals surface area contributed by atoms with Crippen LogP contribution in [0.4, 0.5) is 8.78 Å². The summed E-state index contributed by atoms with van der Waals surface area (Å²) in [5, 5.41) is 2.91. The van der Waals surface area contributed by atoms with Crippen LogP contribution in [0.5, 0.6) is 11.5 Å². The highest BCUT2D eigenvalue weighted by atomic mass is 35.5. The number of guanidine groups is 1. The van der Waals surface area contributed by atoms with Crippen LogP contribution in [0, 0.1) is 11.6 Å². The molecule has 33 heavy (non-hydrogen) atoms. The Morgan fingerprint density at radius 3 is 2.55 bits per heavy atom. The number of aliphatic imine (C=N–C) groups is 1. The van der Waals surface area contributed by atoms with E-state index in [9.17, 15) is 8.78 Å². The fourth-order valence-electron chi connectivity index (χ4n) is 3.91. The minimum absolute atomic E-state index is 0.0923. The van der Waals surface area contributed by atoms with E-state index in [4.69, 9.17) is 32.5 Å². The molecule has 0 radical (unpaired) electrons. The predicted molar refractivity (Wildman–Crippen MR) is 123 cm³/mol. The summed E-state index contributed by atoms with van der Waals surface area (Å²) in [5.41, 5.74) is 14.3. The van der Waals surface area contributed by atoms with Gasteiger partial charge in [0.15, 0.2) is 17.5 Å². The van der Waals surface area contributed by atoms with E-state index >= 15 is 0 Å². The van der Waals surface area contributed by atoms with Gasteiger partial charge in [-0.3, -0.25) is 0 Å². The SMILES string of the molecule is NC1=NC(c2ccc(F)c(-c3ccc(F)c(Cl)c3)c2)=CC(N)(Cc2ccc3c(c2)OCO3)N1. The number of benzene rings is 3. The molecule has 0 saturated heterocycles. The molecule has 5 rings (SSSR count). The molecule has 5 N–H and O–H groups in total. The molecule has 0 spiro atoms. The Morgan fingerprint density at radius 1 is 0.970 bits per heavy atom. The van der Waals surface area contributed by atoms with Crippen molar-refractivity contribution in [2.75, 3.05) is 6.79 Å². The van der Waals surface area contributed by atoms with Crippen molar-refractivity contribution in [1.82, 2.24) is 5.32 Å². The van der Waals surface area contributed by atoms with Crippen molar-refractivity contribution in [3.63, 3.8) is 0 Å². The molecule has 0 aromatic heterocycles. The van der Waals surface area contributed by atoms with E-state index in [1.165, 1.54) is 24.3 Å². The summed E-state index contributed by atoms with van der Waals surface area (Å²) in [6, 6.07) is 14.1. The Kier molecular flexibility index (Phi) is 5.19.